The third kappa shape index (κ3) is 5.54. The summed E-state index contributed by atoms with van der Waals surface area (Å²) in [5.74, 6) is 0.326. The Morgan fingerprint density at radius 3 is 2.56 bits per heavy atom. The van der Waals surface area contributed by atoms with Crippen LogP contribution >= 0.6 is 0 Å². The average molecular weight is 232 g/mol. The predicted molar refractivity (Wildman–Crippen MR) is 58.8 cm³/mol. The van der Waals surface area contributed by atoms with E-state index in [1.54, 1.807) is 13.8 Å². The Morgan fingerprint density at radius 2 is 2.00 bits per heavy atom. The van der Waals surface area contributed by atoms with Crippen LogP contribution in [0.3, 0.4) is 0 Å². The van der Waals surface area contributed by atoms with Gasteiger partial charge in [-0.3, -0.25) is 4.79 Å². The van der Waals surface area contributed by atoms with Crippen molar-refractivity contribution in [2.24, 2.45) is 5.92 Å². The number of rotatable bonds is 5. The van der Waals surface area contributed by atoms with Gasteiger partial charge in [0.1, 0.15) is 12.4 Å². The van der Waals surface area contributed by atoms with E-state index >= 15 is 0 Å². The van der Waals surface area contributed by atoms with Crippen molar-refractivity contribution in [2.45, 2.75) is 13.8 Å². The maximum absolute atomic E-state index is 11.3. The van der Waals surface area contributed by atoms with Gasteiger partial charge in [-0.05, 0) is 26.0 Å². The van der Waals surface area contributed by atoms with Crippen LogP contribution in [0.5, 0.6) is 5.75 Å². The van der Waals surface area contributed by atoms with Gasteiger partial charge < -0.3 is 10.9 Å². The Hall–Kier alpha value is -0.510. The number of hydrogen-bond acceptors (Lipinski definition) is 3. The molecule has 1 unspecified atom stereocenters. The minimum Gasteiger partial charge on any atom is -1.00 e. The van der Waals surface area contributed by atoms with Gasteiger partial charge in [0, 0.05) is 0 Å². The van der Waals surface area contributed by atoms with Crippen LogP contribution in [-0.4, -0.2) is 19.2 Å². The van der Waals surface area contributed by atoms with E-state index in [1.165, 1.54) is 0 Å². The summed E-state index contributed by atoms with van der Waals surface area (Å²) in [5, 5.41) is 0. The molecule has 0 fully saturated rings. The zero-order valence-electron chi connectivity index (χ0n) is 11.1. The molecule has 0 saturated heterocycles. The molecule has 0 spiro atoms. The summed E-state index contributed by atoms with van der Waals surface area (Å²) < 4.78 is 10.3. The van der Waals surface area contributed by atoms with Crippen molar-refractivity contribution in [1.82, 2.24) is 0 Å². The summed E-state index contributed by atoms with van der Waals surface area (Å²) in [5.41, 5.74) is 0. The fourth-order valence-corrected chi connectivity index (χ4v) is 1.09. The molecule has 0 aliphatic carbocycles. The van der Waals surface area contributed by atoms with Gasteiger partial charge in [0.15, 0.2) is 0 Å². The molecule has 84 valence electrons. The third-order valence-corrected chi connectivity index (χ3v) is 1.93. The summed E-state index contributed by atoms with van der Waals surface area (Å²) >= 11 is 0. The Morgan fingerprint density at radius 1 is 1.38 bits per heavy atom. The summed E-state index contributed by atoms with van der Waals surface area (Å²) in [4.78, 5) is 11.3. The molecule has 0 N–H and O–H groups in total. The summed E-state index contributed by atoms with van der Waals surface area (Å²) in [6.45, 7) is 4.35. The predicted octanol–water partition coefficient (Wildman–Crippen LogP) is -0.619. The molecule has 0 aliphatic rings. The van der Waals surface area contributed by atoms with E-state index in [0.717, 1.165) is 5.75 Å². The number of esters is 1. The number of benzene rings is 1. The molecule has 0 bridgehead atoms. The number of para-hydroxylation sites is 1. The molecular formula is C12H17NaO3. The normalized spacial score (nSPS) is 11.1. The second kappa shape index (κ2) is 8.62. The topological polar surface area (TPSA) is 35.5 Å². The van der Waals surface area contributed by atoms with Gasteiger partial charge in [0.25, 0.3) is 0 Å². The van der Waals surface area contributed by atoms with Gasteiger partial charge in [-0.25, -0.2) is 0 Å². The molecule has 1 atom stereocenters. The average Bonchev–Trinajstić information content (AvgIpc) is 2.27. The number of carbonyl (C=O) groups is 1. The molecule has 1 rings (SSSR count). The maximum atomic E-state index is 11.3. The van der Waals surface area contributed by atoms with E-state index in [1.807, 2.05) is 30.3 Å². The van der Waals surface area contributed by atoms with Crippen molar-refractivity contribution in [2.75, 3.05) is 13.2 Å². The first kappa shape index (κ1) is 15.5. The standard InChI is InChI=1S/C12H16O3.Na.H/c1-3-14-12(13)10(2)9-15-11-7-5-4-6-8-11;;/h4-8,10H,3,9H2,1-2H3;;/q;+1;-1. The smallest absolute Gasteiger partial charge is 1.00 e. The van der Waals surface area contributed by atoms with Gasteiger partial charge in [-0.1, -0.05) is 18.2 Å². The third-order valence-electron chi connectivity index (χ3n) is 1.93. The molecular weight excluding hydrogens is 215 g/mol. The second-order valence-corrected chi connectivity index (χ2v) is 3.28. The first-order valence-electron chi connectivity index (χ1n) is 5.08. The molecule has 0 heterocycles. The molecule has 0 aromatic heterocycles. The van der Waals surface area contributed by atoms with E-state index in [4.69, 9.17) is 9.47 Å². The first-order chi connectivity index (χ1) is 7.24. The fourth-order valence-electron chi connectivity index (χ4n) is 1.09. The van der Waals surface area contributed by atoms with Gasteiger partial charge in [-0.15, -0.1) is 0 Å². The summed E-state index contributed by atoms with van der Waals surface area (Å²) in [7, 11) is 0. The van der Waals surface area contributed by atoms with E-state index in [0.29, 0.717) is 13.2 Å². The number of hydrogen-bond donors (Lipinski definition) is 0. The van der Waals surface area contributed by atoms with Crippen LogP contribution in [0.2, 0.25) is 0 Å². The van der Waals surface area contributed by atoms with Gasteiger partial charge in [0.2, 0.25) is 0 Å². The number of ether oxygens (including phenoxy) is 2. The van der Waals surface area contributed by atoms with Crippen molar-refractivity contribution >= 4 is 5.97 Å². The molecule has 0 amide bonds. The van der Waals surface area contributed by atoms with E-state index in [9.17, 15) is 4.79 Å². The molecule has 3 nitrogen and oxygen atoms in total. The molecule has 0 aliphatic heterocycles. The second-order valence-electron chi connectivity index (χ2n) is 3.28. The van der Waals surface area contributed by atoms with Crippen LogP contribution in [-0.2, 0) is 9.53 Å². The Balaban J connectivity index is 0. The minimum absolute atomic E-state index is 0. The van der Waals surface area contributed by atoms with E-state index < -0.39 is 0 Å². The van der Waals surface area contributed by atoms with Crippen molar-refractivity contribution in [1.29, 1.82) is 0 Å². The van der Waals surface area contributed by atoms with E-state index in [-0.39, 0.29) is 42.9 Å². The van der Waals surface area contributed by atoms with Crippen LogP contribution in [0.4, 0.5) is 0 Å². The number of carbonyl (C=O) groups excluding carboxylic acids is 1. The zero-order valence-corrected chi connectivity index (χ0v) is 12.1. The van der Waals surface area contributed by atoms with E-state index in [2.05, 4.69) is 0 Å². The van der Waals surface area contributed by atoms with Crippen LogP contribution < -0.4 is 34.3 Å². The first-order valence-corrected chi connectivity index (χ1v) is 5.08. The maximum Gasteiger partial charge on any atom is 1.00 e. The van der Waals surface area contributed by atoms with Gasteiger partial charge >= 0.3 is 35.5 Å². The fraction of sp³-hybridized carbons (Fsp3) is 0.417. The van der Waals surface area contributed by atoms with Crippen molar-refractivity contribution in [3.05, 3.63) is 30.3 Å². The SMILES string of the molecule is CCOC(=O)C(C)COc1ccccc1.[H-].[Na+]. The molecule has 1 aromatic carbocycles. The molecule has 0 saturated carbocycles. The molecule has 4 heteroatoms. The van der Waals surface area contributed by atoms with Gasteiger partial charge in [-0.2, -0.15) is 0 Å². The van der Waals surface area contributed by atoms with Crippen molar-refractivity contribution in [3.63, 3.8) is 0 Å². The largest absolute Gasteiger partial charge is 1.00 e. The van der Waals surface area contributed by atoms with Gasteiger partial charge in [0.05, 0.1) is 12.5 Å². The van der Waals surface area contributed by atoms with Crippen LogP contribution in [0.25, 0.3) is 0 Å². The quantitative estimate of drug-likeness (QED) is 0.501. The monoisotopic (exact) mass is 232 g/mol. The van der Waals surface area contributed by atoms with Crippen LogP contribution in [0, 0.1) is 5.92 Å². The summed E-state index contributed by atoms with van der Waals surface area (Å²) in [6.07, 6.45) is 0. The van der Waals surface area contributed by atoms with Crippen molar-refractivity contribution in [3.8, 4) is 5.75 Å². The Kier molecular flexibility index (Phi) is 8.35. The molecule has 1 aromatic rings. The Labute approximate surface area is 120 Å². The molecule has 16 heavy (non-hydrogen) atoms. The summed E-state index contributed by atoms with van der Waals surface area (Å²) in [6, 6.07) is 9.42. The minimum atomic E-state index is -0.231. The van der Waals surface area contributed by atoms with Crippen LogP contribution in [0.1, 0.15) is 15.3 Å². The molecule has 0 radical (unpaired) electrons. The van der Waals surface area contributed by atoms with Crippen molar-refractivity contribution < 1.29 is 45.3 Å². The Bertz CT molecular complexity index is 306. The zero-order chi connectivity index (χ0) is 11.1. The van der Waals surface area contributed by atoms with Crippen LogP contribution in [0.15, 0.2) is 30.3 Å².